The third-order valence-electron chi connectivity index (χ3n) is 8.97. The van der Waals surface area contributed by atoms with Crippen molar-refractivity contribution in [2.45, 2.75) is 33.1 Å². The molecule has 40 heavy (non-hydrogen) atoms. The number of hydrogen-bond donors (Lipinski definition) is 0. The maximum absolute atomic E-state index is 6.49. The lowest BCUT2D eigenvalue weighted by atomic mass is 9.79. The van der Waals surface area contributed by atoms with Crippen molar-refractivity contribution in [1.29, 1.82) is 0 Å². The Kier molecular flexibility index (Phi) is 4.77. The van der Waals surface area contributed by atoms with Gasteiger partial charge in [-0.15, -0.1) is 0 Å². The summed E-state index contributed by atoms with van der Waals surface area (Å²) < 4.78 is 6.49. The summed E-state index contributed by atoms with van der Waals surface area (Å²) in [4.78, 5) is 0. The molecular formula is C39H30O. The molecule has 0 aliphatic heterocycles. The third kappa shape index (κ3) is 3.15. The van der Waals surface area contributed by atoms with Gasteiger partial charge in [-0.25, -0.2) is 0 Å². The average molecular weight is 515 g/mol. The van der Waals surface area contributed by atoms with E-state index in [1.807, 2.05) is 0 Å². The Hall–Kier alpha value is -4.62. The van der Waals surface area contributed by atoms with Crippen LogP contribution in [0.2, 0.25) is 0 Å². The molecule has 0 amide bonds. The van der Waals surface area contributed by atoms with Crippen LogP contribution in [0.25, 0.3) is 66.1 Å². The quantitative estimate of drug-likeness (QED) is 0.209. The molecule has 1 aliphatic rings. The predicted octanol–water partition coefficient (Wildman–Crippen LogP) is 11.0. The van der Waals surface area contributed by atoms with Gasteiger partial charge in [-0.05, 0) is 81.4 Å². The van der Waals surface area contributed by atoms with Crippen molar-refractivity contribution >= 4 is 32.5 Å². The molecular weight excluding hydrogens is 484 g/mol. The summed E-state index contributed by atoms with van der Waals surface area (Å²) >= 11 is 0. The highest BCUT2D eigenvalue weighted by Crippen LogP contribution is 2.54. The summed E-state index contributed by atoms with van der Waals surface area (Å²) in [6.07, 6.45) is 0. The minimum Gasteiger partial charge on any atom is -0.456 e. The van der Waals surface area contributed by atoms with E-state index in [4.69, 9.17) is 4.42 Å². The monoisotopic (exact) mass is 514 g/mol. The summed E-state index contributed by atoms with van der Waals surface area (Å²) in [5.74, 6) is 1.02. The van der Waals surface area contributed by atoms with Crippen LogP contribution < -0.4 is 0 Å². The number of fused-ring (bicyclic) bond motifs is 7. The first-order chi connectivity index (χ1) is 19.4. The Morgan fingerprint density at radius 1 is 0.525 bits per heavy atom. The molecule has 1 aromatic heterocycles. The molecule has 0 fully saturated rings. The average Bonchev–Trinajstić information content (AvgIpc) is 3.45. The van der Waals surface area contributed by atoms with Gasteiger partial charge in [-0.1, -0.05) is 116 Å². The fraction of sp³-hybridized carbons (Fsp3) is 0.128. The van der Waals surface area contributed by atoms with Crippen molar-refractivity contribution in [3.05, 3.63) is 131 Å². The van der Waals surface area contributed by atoms with Gasteiger partial charge in [0.25, 0.3) is 0 Å². The third-order valence-corrected chi connectivity index (χ3v) is 8.97. The van der Waals surface area contributed by atoms with E-state index >= 15 is 0 Å². The molecule has 1 aliphatic carbocycles. The number of rotatable bonds is 2. The van der Waals surface area contributed by atoms with Crippen molar-refractivity contribution in [3.63, 3.8) is 0 Å². The van der Waals surface area contributed by atoms with Gasteiger partial charge >= 0.3 is 0 Å². The molecule has 0 radical (unpaired) electrons. The first kappa shape index (κ1) is 23.3. The summed E-state index contributed by atoms with van der Waals surface area (Å²) in [6, 6.07) is 40.2. The standard InChI is InChI=1S/C39H30O/c1-23-13-16-25(17-14-23)35-27-9-5-7-11-29(27)36(30-12-8-6-10-28(30)35)26-18-19-31-33(22-26)39(3,4)37-32-21-24(2)15-20-34(32)40-38(31)37/h5-22H,1-4H3. The zero-order valence-electron chi connectivity index (χ0n) is 23.3. The molecule has 1 heteroatoms. The molecule has 192 valence electrons. The van der Waals surface area contributed by atoms with E-state index in [0.717, 1.165) is 11.3 Å². The Morgan fingerprint density at radius 2 is 1.07 bits per heavy atom. The van der Waals surface area contributed by atoms with Gasteiger partial charge in [-0.3, -0.25) is 0 Å². The highest BCUT2D eigenvalue weighted by molar-refractivity contribution is 6.21. The Balaban J connectivity index is 1.42. The van der Waals surface area contributed by atoms with Gasteiger partial charge in [0, 0.05) is 21.9 Å². The molecule has 0 unspecified atom stereocenters. The zero-order valence-corrected chi connectivity index (χ0v) is 23.3. The van der Waals surface area contributed by atoms with Crippen molar-refractivity contribution in [3.8, 4) is 33.6 Å². The topological polar surface area (TPSA) is 13.1 Å². The molecule has 0 saturated heterocycles. The predicted molar refractivity (Wildman–Crippen MR) is 169 cm³/mol. The molecule has 1 heterocycles. The fourth-order valence-electron chi connectivity index (χ4n) is 7.04. The number of furan rings is 1. The van der Waals surface area contributed by atoms with E-state index in [0.29, 0.717) is 0 Å². The lowest BCUT2D eigenvalue weighted by Crippen LogP contribution is -2.15. The second-order valence-electron chi connectivity index (χ2n) is 11.9. The number of benzene rings is 6. The van der Waals surface area contributed by atoms with Crippen LogP contribution in [0.1, 0.15) is 36.1 Å². The van der Waals surface area contributed by atoms with Gasteiger partial charge in [0.2, 0.25) is 0 Å². The van der Waals surface area contributed by atoms with E-state index in [2.05, 4.69) is 137 Å². The molecule has 0 spiro atoms. The normalized spacial score (nSPS) is 13.7. The van der Waals surface area contributed by atoms with E-state index in [1.54, 1.807) is 0 Å². The van der Waals surface area contributed by atoms with Gasteiger partial charge < -0.3 is 4.42 Å². The summed E-state index contributed by atoms with van der Waals surface area (Å²) in [5, 5.41) is 6.37. The minimum absolute atomic E-state index is 0.160. The number of hydrogen-bond acceptors (Lipinski definition) is 1. The lowest BCUT2D eigenvalue weighted by Gasteiger charge is -2.23. The van der Waals surface area contributed by atoms with Crippen molar-refractivity contribution in [2.75, 3.05) is 0 Å². The summed E-state index contributed by atoms with van der Waals surface area (Å²) in [6.45, 7) is 8.99. The molecule has 0 bridgehead atoms. The molecule has 8 rings (SSSR count). The van der Waals surface area contributed by atoms with Crippen LogP contribution in [-0.4, -0.2) is 0 Å². The van der Waals surface area contributed by atoms with Crippen molar-refractivity contribution in [1.82, 2.24) is 0 Å². The van der Waals surface area contributed by atoms with E-state index in [9.17, 15) is 0 Å². The second kappa shape index (κ2) is 8.19. The Morgan fingerprint density at radius 3 is 1.70 bits per heavy atom. The molecule has 0 N–H and O–H groups in total. The van der Waals surface area contributed by atoms with Gasteiger partial charge in [0.15, 0.2) is 0 Å². The molecule has 0 saturated carbocycles. The maximum Gasteiger partial charge on any atom is 0.139 e. The van der Waals surface area contributed by atoms with Crippen LogP contribution in [-0.2, 0) is 5.41 Å². The first-order valence-electron chi connectivity index (χ1n) is 14.1. The van der Waals surface area contributed by atoms with Crippen LogP contribution in [0.4, 0.5) is 0 Å². The SMILES string of the molecule is Cc1ccc(-c2c3ccccc3c(-c3ccc4c(c3)C(C)(C)c3c-4oc4ccc(C)cc34)c3ccccc23)cc1. The van der Waals surface area contributed by atoms with Crippen molar-refractivity contribution < 1.29 is 4.42 Å². The second-order valence-corrected chi connectivity index (χ2v) is 11.9. The van der Waals surface area contributed by atoms with Crippen LogP contribution in [0, 0.1) is 13.8 Å². The lowest BCUT2D eigenvalue weighted by molar-refractivity contribution is 0.619. The van der Waals surface area contributed by atoms with Crippen LogP contribution in [0.5, 0.6) is 0 Å². The maximum atomic E-state index is 6.49. The highest BCUT2D eigenvalue weighted by atomic mass is 16.3. The largest absolute Gasteiger partial charge is 0.456 e. The first-order valence-corrected chi connectivity index (χ1v) is 14.1. The molecule has 1 nitrogen and oxygen atoms in total. The number of aryl methyl sites for hydroxylation is 2. The molecule has 7 aromatic rings. The van der Waals surface area contributed by atoms with Crippen molar-refractivity contribution in [2.24, 2.45) is 0 Å². The van der Waals surface area contributed by atoms with E-state index in [-0.39, 0.29) is 5.41 Å². The summed E-state index contributed by atoms with van der Waals surface area (Å²) in [7, 11) is 0. The van der Waals surface area contributed by atoms with Gasteiger partial charge in [0.05, 0.1) is 0 Å². The Labute approximate surface area is 234 Å². The van der Waals surface area contributed by atoms with Crippen LogP contribution >= 0.6 is 0 Å². The Bertz CT molecular complexity index is 2080. The smallest absolute Gasteiger partial charge is 0.139 e. The van der Waals surface area contributed by atoms with Crippen LogP contribution in [0.3, 0.4) is 0 Å². The molecule has 0 atom stereocenters. The van der Waals surface area contributed by atoms with Gasteiger partial charge in [-0.2, -0.15) is 0 Å². The van der Waals surface area contributed by atoms with E-state index in [1.165, 1.54) is 77.0 Å². The van der Waals surface area contributed by atoms with Crippen LogP contribution in [0.15, 0.2) is 114 Å². The van der Waals surface area contributed by atoms with Gasteiger partial charge in [0.1, 0.15) is 11.3 Å². The summed E-state index contributed by atoms with van der Waals surface area (Å²) in [5.41, 5.74) is 12.3. The molecule has 6 aromatic carbocycles. The zero-order chi connectivity index (χ0) is 27.2. The fourth-order valence-corrected chi connectivity index (χ4v) is 7.04. The minimum atomic E-state index is -0.160. The van der Waals surface area contributed by atoms with E-state index < -0.39 is 0 Å². The highest BCUT2D eigenvalue weighted by Gasteiger charge is 2.40.